The van der Waals surface area contributed by atoms with Crippen molar-refractivity contribution in [1.82, 2.24) is 5.32 Å². The summed E-state index contributed by atoms with van der Waals surface area (Å²) in [7, 11) is 1.68. The third kappa shape index (κ3) is 2.49. The predicted molar refractivity (Wildman–Crippen MR) is 53.0 cm³/mol. The first kappa shape index (κ1) is 10.6. The zero-order chi connectivity index (χ0) is 9.84. The van der Waals surface area contributed by atoms with E-state index < -0.39 is 0 Å². The molecule has 0 saturated heterocycles. The molecule has 0 radical (unpaired) electrons. The third-order valence-corrected chi connectivity index (χ3v) is 2.36. The maximum Gasteiger partial charge on any atom is 0.128 e. The Bertz CT molecular complexity index is 289. The van der Waals surface area contributed by atoms with Gasteiger partial charge in [0.15, 0.2) is 0 Å². The fourth-order valence-corrected chi connectivity index (χ4v) is 1.51. The average molecular weight is 248 g/mol. The van der Waals surface area contributed by atoms with Crippen LogP contribution < -0.4 is 5.32 Å². The van der Waals surface area contributed by atoms with E-state index in [-0.39, 0.29) is 18.5 Å². The maximum absolute atomic E-state index is 13.2. The molecule has 0 aliphatic rings. The molecule has 0 bridgehead atoms. The van der Waals surface area contributed by atoms with E-state index in [1.54, 1.807) is 19.2 Å². The summed E-state index contributed by atoms with van der Waals surface area (Å²) in [6.45, 7) is -0.121. The largest absolute Gasteiger partial charge is 0.394 e. The van der Waals surface area contributed by atoms with Crippen LogP contribution in [0.4, 0.5) is 4.39 Å². The van der Waals surface area contributed by atoms with Crippen LogP contribution in [0.15, 0.2) is 22.7 Å². The standard InChI is InChI=1S/C9H11BrFNO/c1-12-9(5-13)7-4-6(10)2-3-8(7)11/h2-4,9,12-13H,5H2,1H3. The van der Waals surface area contributed by atoms with Crippen molar-refractivity contribution >= 4 is 15.9 Å². The van der Waals surface area contributed by atoms with Gasteiger partial charge in [0, 0.05) is 10.0 Å². The monoisotopic (exact) mass is 247 g/mol. The van der Waals surface area contributed by atoms with E-state index in [0.717, 1.165) is 4.47 Å². The van der Waals surface area contributed by atoms with Gasteiger partial charge in [-0.3, -0.25) is 0 Å². The highest BCUT2D eigenvalue weighted by atomic mass is 79.9. The van der Waals surface area contributed by atoms with Gasteiger partial charge in [0.05, 0.1) is 12.6 Å². The minimum atomic E-state index is -0.350. The quantitative estimate of drug-likeness (QED) is 0.855. The summed E-state index contributed by atoms with van der Waals surface area (Å²) in [5.41, 5.74) is 0.472. The Hall–Kier alpha value is -0.450. The van der Waals surface area contributed by atoms with Gasteiger partial charge in [-0.15, -0.1) is 0 Å². The van der Waals surface area contributed by atoms with Crippen LogP contribution in [-0.4, -0.2) is 18.8 Å². The van der Waals surface area contributed by atoms with Gasteiger partial charge >= 0.3 is 0 Å². The van der Waals surface area contributed by atoms with Crippen LogP contribution in [-0.2, 0) is 0 Å². The second-order valence-electron chi connectivity index (χ2n) is 2.69. The van der Waals surface area contributed by atoms with Crippen LogP contribution in [0.1, 0.15) is 11.6 Å². The van der Waals surface area contributed by atoms with Crippen LogP contribution in [0.3, 0.4) is 0 Å². The summed E-state index contributed by atoms with van der Waals surface area (Å²) >= 11 is 3.25. The van der Waals surface area contributed by atoms with Crippen molar-refractivity contribution in [2.75, 3.05) is 13.7 Å². The van der Waals surface area contributed by atoms with Gasteiger partial charge in [-0.05, 0) is 25.2 Å². The van der Waals surface area contributed by atoms with Gasteiger partial charge in [-0.25, -0.2) is 4.39 Å². The van der Waals surface area contributed by atoms with Crippen molar-refractivity contribution in [1.29, 1.82) is 0 Å². The molecule has 72 valence electrons. The maximum atomic E-state index is 13.2. The third-order valence-electron chi connectivity index (χ3n) is 1.86. The molecule has 1 aromatic carbocycles. The van der Waals surface area contributed by atoms with Crippen molar-refractivity contribution < 1.29 is 9.50 Å². The Balaban J connectivity index is 3.03. The molecule has 0 fully saturated rings. The normalized spacial score (nSPS) is 12.9. The lowest BCUT2D eigenvalue weighted by Gasteiger charge is -2.14. The predicted octanol–water partition coefficient (Wildman–Crippen LogP) is 1.84. The molecule has 4 heteroatoms. The molecule has 1 unspecified atom stereocenters. The van der Waals surface area contributed by atoms with Gasteiger partial charge in [-0.1, -0.05) is 15.9 Å². The lowest BCUT2D eigenvalue weighted by atomic mass is 10.1. The second-order valence-corrected chi connectivity index (χ2v) is 3.61. The SMILES string of the molecule is CNC(CO)c1cc(Br)ccc1F. The summed E-state index contributed by atoms with van der Waals surface area (Å²) in [5, 5.41) is 11.8. The van der Waals surface area contributed by atoms with E-state index in [0.29, 0.717) is 5.56 Å². The molecule has 0 saturated carbocycles. The number of likely N-dealkylation sites (N-methyl/N-ethyl adjacent to an activating group) is 1. The van der Waals surface area contributed by atoms with Crippen molar-refractivity contribution in [2.24, 2.45) is 0 Å². The number of hydrogen-bond acceptors (Lipinski definition) is 2. The first-order valence-corrected chi connectivity index (χ1v) is 4.71. The number of nitrogens with one attached hydrogen (secondary N) is 1. The zero-order valence-corrected chi connectivity index (χ0v) is 8.81. The number of aliphatic hydroxyl groups excluding tert-OH is 1. The molecule has 13 heavy (non-hydrogen) atoms. The second kappa shape index (κ2) is 4.69. The number of halogens is 2. The van der Waals surface area contributed by atoms with Crippen LogP contribution in [0.5, 0.6) is 0 Å². The summed E-state index contributed by atoms with van der Waals surface area (Å²) < 4.78 is 14.0. The van der Waals surface area contributed by atoms with Gasteiger partial charge in [0.1, 0.15) is 5.82 Å². The summed E-state index contributed by atoms with van der Waals surface area (Å²) in [4.78, 5) is 0. The molecule has 0 aliphatic carbocycles. The highest BCUT2D eigenvalue weighted by molar-refractivity contribution is 9.10. The van der Waals surface area contributed by atoms with E-state index in [1.807, 2.05) is 0 Å². The molecule has 0 spiro atoms. The smallest absolute Gasteiger partial charge is 0.128 e. The van der Waals surface area contributed by atoms with Gasteiger partial charge in [0.2, 0.25) is 0 Å². The van der Waals surface area contributed by atoms with Crippen molar-refractivity contribution in [3.63, 3.8) is 0 Å². The van der Waals surface area contributed by atoms with E-state index in [4.69, 9.17) is 5.11 Å². The van der Waals surface area contributed by atoms with Crippen molar-refractivity contribution in [2.45, 2.75) is 6.04 Å². The lowest BCUT2D eigenvalue weighted by molar-refractivity contribution is 0.248. The van der Waals surface area contributed by atoms with E-state index in [2.05, 4.69) is 21.2 Å². The van der Waals surface area contributed by atoms with Gasteiger partial charge < -0.3 is 10.4 Å². The highest BCUT2D eigenvalue weighted by Crippen LogP contribution is 2.21. The lowest BCUT2D eigenvalue weighted by Crippen LogP contribution is -2.21. The number of aliphatic hydroxyl groups is 1. The van der Waals surface area contributed by atoms with Gasteiger partial charge in [-0.2, -0.15) is 0 Å². The Labute approximate surface area is 84.9 Å². The Morgan fingerprint density at radius 2 is 2.31 bits per heavy atom. The number of benzene rings is 1. The Morgan fingerprint density at radius 3 is 2.85 bits per heavy atom. The zero-order valence-electron chi connectivity index (χ0n) is 7.22. The van der Waals surface area contributed by atoms with Crippen LogP contribution >= 0.6 is 15.9 Å². The molecule has 0 aromatic heterocycles. The topological polar surface area (TPSA) is 32.3 Å². The van der Waals surface area contributed by atoms with E-state index >= 15 is 0 Å². The molecular weight excluding hydrogens is 237 g/mol. The van der Waals surface area contributed by atoms with E-state index in [9.17, 15) is 4.39 Å². The Kier molecular flexibility index (Phi) is 3.84. The summed E-state index contributed by atoms with van der Waals surface area (Å²) in [5.74, 6) is -0.309. The fourth-order valence-electron chi connectivity index (χ4n) is 1.13. The van der Waals surface area contributed by atoms with E-state index in [1.165, 1.54) is 6.07 Å². The van der Waals surface area contributed by atoms with Crippen LogP contribution in [0.2, 0.25) is 0 Å². The Morgan fingerprint density at radius 1 is 1.62 bits per heavy atom. The van der Waals surface area contributed by atoms with Crippen LogP contribution in [0, 0.1) is 5.82 Å². The molecular formula is C9H11BrFNO. The number of rotatable bonds is 3. The molecule has 0 heterocycles. The molecule has 1 rings (SSSR count). The van der Waals surface area contributed by atoms with Crippen molar-refractivity contribution in [3.05, 3.63) is 34.1 Å². The molecule has 1 aromatic rings. The van der Waals surface area contributed by atoms with Crippen molar-refractivity contribution in [3.8, 4) is 0 Å². The van der Waals surface area contributed by atoms with Crippen LogP contribution in [0.25, 0.3) is 0 Å². The molecule has 0 amide bonds. The molecule has 2 N–H and O–H groups in total. The minimum Gasteiger partial charge on any atom is -0.394 e. The fraction of sp³-hybridized carbons (Fsp3) is 0.333. The first-order valence-electron chi connectivity index (χ1n) is 3.92. The highest BCUT2D eigenvalue weighted by Gasteiger charge is 2.12. The average Bonchev–Trinajstić information content (AvgIpc) is 2.13. The molecule has 1 atom stereocenters. The molecule has 2 nitrogen and oxygen atoms in total. The summed E-state index contributed by atoms with van der Waals surface area (Å²) in [6.07, 6.45) is 0. The first-order chi connectivity index (χ1) is 6.19. The van der Waals surface area contributed by atoms with Gasteiger partial charge in [0.25, 0.3) is 0 Å². The molecule has 0 aliphatic heterocycles. The minimum absolute atomic E-state index is 0.121. The summed E-state index contributed by atoms with van der Waals surface area (Å²) in [6, 6.07) is 4.31. The number of hydrogen-bond donors (Lipinski definition) is 2.